The molecular formula is C8H18ClNO. The highest BCUT2D eigenvalue weighted by molar-refractivity contribution is 5.85. The lowest BCUT2D eigenvalue weighted by Crippen LogP contribution is -2.30. The number of halogens is 1. The third-order valence-electron chi connectivity index (χ3n) is 2.50. The largest absolute Gasteiger partial charge is 0.393 e. The molecule has 3 N–H and O–H groups in total. The summed E-state index contributed by atoms with van der Waals surface area (Å²) in [5, 5.41) is 9.22. The minimum Gasteiger partial charge on any atom is -0.393 e. The van der Waals surface area contributed by atoms with Crippen molar-refractivity contribution in [1.29, 1.82) is 0 Å². The van der Waals surface area contributed by atoms with Crippen LogP contribution < -0.4 is 5.73 Å². The second-order valence-electron chi connectivity index (χ2n) is 3.42. The van der Waals surface area contributed by atoms with Gasteiger partial charge < -0.3 is 10.8 Å². The van der Waals surface area contributed by atoms with Crippen LogP contribution in [-0.4, -0.2) is 17.3 Å². The Hall–Kier alpha value is 0.210. The minimum absolute atomic E-state index is 0. The number of aliphatic hydroxyl groups excluding tert-OH is 1. The molecule has 1 saturated carbocycles. The van der Waals surface area contributed by atoms with Gasteiger partial charge in [-0.3, -0.25) is 0 Å². The van der Waals surface area contributed by atoms with Gasteiger partial charge in [-0.1, -0.05) is 0 Å². The van der Waals surface area contributed by atoms with E-state index < -0.39 is 0 Å². The molecule has 11 heavy (non-hydrogen) atoms. The van der Waals surface area contributed by atoms with E-state index in [1.165, 1.54) is 0 Å². The molecule has 0 spiro atoms. The zero-order chi connectivity index (χ0) is 7.56. The molecule has 68 valence electrons. The SMILES string of the molecule is CC(O)[C@H]1CC[C@H](N)CC1.Cl. The molecule has 1 aliphatic rings. The number of hydrogen-bond acceptors (Lipinski definition) is 2. The fourth-order valence-corrected chi connectivity index (χ4v) is 1.63. The second-order valence-corrected chi connectivity index (χ2v) is 3.42. The standard InChI is InChI=1S/C8H17NO.ClH/c1-6(10)7-2-4-8(9)5-3-7;/h6-8,10H,2-5,9H2,1H3;1H/t6?,7-,8-;. The van der Waals surface area contributed by atoms with E-state index in [-0.39, 0.29) is 18.5 Å². The molecule has 1 unspecified atom stereocenters. The molecule has 0 aliphatic heterocycles. The summed E-state index contributed by atoms with van der Waals surface area (Å²) in [7, 11) is 0. The lowest BCUT2D eigenvalue weighted by Gasteiger charge is -2.27. The monoisotopic (exact) mass is 179 g/mol. The number of rotatable bonds is 1. The van der Waals surface area contributed by atoms with Gasteiger partial charge in [0, 0.05) is 6.04 Å². The van der Waals surface area contributed by atoms with Crippen LogP contribution in [0.4, 0.5) is 0 Å². The van der Waals surface area contributed by atoms with E-state index in [2.05, 4.69) is 0 Å². The summed E-state index contributed by atoms with van der Waals surface area (Å²) in [4.78, 5) is 0. The highest BCUT2D eigenvalue weighted by Crippen LogP contribution is 2.25. The van der Waals surface area contributed by atoms with Crippen molar-refractivity contribution in [2.75, 3.05) is 0 Å². The first-order valence-electron chi connectivity index (χ1n) is 4.14. The maximum Gasteiger partial charge on any atom is 0.0540 e. The number of nitrogens with two attached hydrogens (primary N) is 1. The van der Waals surface area contributed by atoms with Gasteiger partial charge in [0.1, 0.15) is 0 Å². The number of aliphatic hydroxyl groups is 1. The Morgan fingerprint density at radius 3 is 2.09 bits per heavy atom. The Bertz CT molecular complexity index is 100. The van der Waals surface area contributed by atoms with Crippen molar-refractivity contribution >= 4 is 12.4 Å². The Kier molecular flexibility index (Phi) is 5.06. The van der Waals surface area contributed by atoms with Crippen molar-refractivity contribution in [1.82, 2.24) is 0 Å². The first-order chi connectivity index (χ1) is 4.70. The van der Waals surface area contributed by atoms with Gasteiger partial charge in [-0.15, -0.1) is 12.4 Å². The van der Waals surface area contributed by atoms with Crippen LogP contribution >= 0.6 is 12.4 Å². The molecule has 0 radical (unpaired) electrons. The number of hydrogen-bond donors (Lipinski definition) is 2. The van der Waals surface area contributed by atoms with Crippen LogP contribution in [0, 0.1) is 5.92 Å². The first kappa shape index (κ1) is 11.2. The van der Waals surface area contributed by atoms with Gasteiger partial charge in [-0.25, -0.2) is 0 Å². The highest BCUT2D eigenvalue weighted by atomic mass is 35.5. The molecule has 0 amide bonds. The predicted molar refractivity (Wildman–Crippen MR) is 48.9 cm³/mol. The van der Waals surface area contributed by atoms with Crippen molar-refractivity contribution in [3.05, 3.63) is 0 Å². The van der Waals surface area contributed by atoms with E-state index in [9.17, 15) is 5.11 Å². The molecule has 1 aliphatic carbocycles. The molecule has 1 fully saturated rings. The summed E-state index contributed by atoms with van der Waals surface area (Å²) in [5.41, 5.74) is 5.72. The Morgan fingerprint density at radius 2 is 1.73 bits per heavy atom. The Labute approximate surface area is 74.6 Å². The van der Waals surface area contributed by atoms with Gasteiger partial charge in [-0.05, 0) is 38.5 Å². The van der Waals surface area contributed by atoms with Crippen LogP contribution in [0.2, 0.25) is 0 Å². The summed E-state index contributed by atoms with van der Waals surface area (Å²) >= 11 is 0. The van der Waals surface area contributed by atoms with E-state index in [1.54, 1.807) is 0 Å². The van der Waals surface area contributed by atoms with Crippen LogP contribution in [0.15, 0.2) is 0 Å². The molecule has 0 aromatic heterocycles. The van der Waals surface area contributed by atoms with E-state index in [0.29, 0.717) is 12.0 Å². The maximum absolute atomic E-state index is 9.22. The predicted octanol–water partition coefficient (Wildman–Crippen LogP) is 1.31. The molecule has 3 heteroatoms. The molecule has 0 bridgehead atoms. The summed E-state index contributed by atoms with van der Waals surface area (Å²) in [6.45, 7) is 1.88. The molecule has 0 aromatic carbocycles. The molecule has 0 heterocycles. The summed E-state index contributed by atoms with van der Waals surface area (Å²) in [6.07, 6.45) is 4.27. The quantitative estimate of drug-likeness (QED) is 0.638. The van der Waals surface area contributed by atoms with Gasteiger partial charge in [0.05, 0.1) is 6.10 Å². The summed E-state index contributed by atoms with van der Waals surface area (Å²) in [5.74, 6) is 0.514. The van der Waals surface area contributed by atoms with E-state index >= 15 is 0 Å². The minimum atomic E-state index is -0.132. The van der Waals surface area contributed by atoms with Crippen molar-refractivity contribution in [2.24, 2.45) is 11.7 Å². The van der Waals surface area contributed by atoms with Crippen molar-refractivity contribution < 1.29 is 5.11 Å². The highest BCUT2D eigenvalue weighted by Gasteiger charge is 2.21. The fraction of sp³-hybridized carbons (Fsp3) is 1.00. The van der Waals surface area contributed by atoms with Crippen molar-refractivity contribution in [2.45, 2.75) is 44.8 Å². The second kappa shape index (κ2) is 4.96. The average molecular weight is 180 g/mol. The molecule has 1 rings (SSSR count). The van der Waals surface area contributed by atoms with Crippen LogP contribution in [-0.2, 0) is 0 Å². The van der Waals surface area contributed by atoms with Crippen molar-refractivity contribution in [3.63, 3.8) is 0 Å². The maximum atomic E-state index is 9.22. The van der Waals surface area contributed by atoms with E-state index in [0.717, 1.165) is 25.7 Å². The topological polar surface area (TPSA) is 46.2 Å². The third kappa shape index (κ3) is 3.41. The first-order valence-corrected chi connectivity index (χ1v) is 4.14. The van der Waals surface area contributed by atoms with Crippen LogP contribution in [0.25, 0.3) is 0 Å². The normalized spacial score (nSPS) is 34.1. The Balaban J connectivity index is 0.000001000. The van der Waals surface area contributed by atoms with Gasteiger partial charge in [-0.2, -0.15) is 0 Å². The average Bonchev–Trinajstić information content (AvgIpc) is 1.88. The summed E-state index contributed by atoms with van der Waals surface area (Å²) in [6, 6.07) is 0.398. The molecule has 0 aromatic rings. The lowest BCUT2D eigenvalue weighted by molar-refractivity contribution is 0.0972. The van der Waals surface area contributed by atoms with Gasteiger partial charge in [0.2, 0.25) is 0 Å². The van der Waals surface area contributed by atoms with Crippen LogP contribution in [0.5, 0.6) is 0 Å². The molecule has 1 atom stereocenters. The smallest absolute Gasteiger partial charge is 0.0540 e. The zero-order valence-electron chi connectivity index (χ0n) is 6.99. The Morgan fingerprint density at radius 1 is 1.27 bits per heavy atom. The third-order valence-corrected chi connectivity index (χ3v) is 2.50. The zero-order valence-corrected chi connectivity index (χ0v) is 7.81. The van der Waals surface area contributed by atoms with Crippen LogP contribution in [0.1, 0.15) is 32.6 Å². The molecule has 0 saturated heterocycles. The van der Waals surface area contributed by atoms with Crippen molar-refractivity contribution in [3.8, 4) is 0 Å². The van der Waals surface area contributed by atoms with Gasteiger partial charge >= 0.3 is 0 Å². The van der Waals surface area contributed by atoms with E-state index in [4.69, 9.17) is 5.73 Å². The van der Waals surface area contributed by atoms with Crippen LogP contribution in [0.3, 0.4) is 0 Å². The van der Waals surface area contributed by atoms with Gasteiger partial charge in [0.15, 0.2) is 0 Å². The van der Waals surface area contributed by atoms with E-state index in [1.807, 2.05) is 6.92 Å². The fourth-order valence-electron chi connectivity index (χ4n) is 1.63. The summed E-state index contributed by atoms with van der Waals surface area (Å²) < 4.78 is 0. The van der Waals surface area contributed by atoms with Gasteiger partial charge in [0.25, 0.3) is 0 Å². The lowest BCUT2D eigenvalue weighted by atomic mass is 9.84. The molecule has 2 nitrogen and oxygen atoms in total. The molecular weight excluding hydrogens is 162 g/mol.